The molecule has 0 bridgehead atoms. The standard InChI is InChI=1S/C13H17FN2O/c1-2-16(11-6-3-5-10(14)9-11)13(17)12-7-4-8-15-12/h3,5-6,9,12,15H,2,4,7-8H2,1H3/t12-/m1/s1. The van der Waals surface area contributed by atoms with Crippen molar-refractivity contribution in [1.82, 2.24) is 5.32 Å². The zero-order chi connectivity index (χ0) is 12.3. The van der Waals surface area contributed by atoms with Gasteiger partial charge < -0.3 is 10.2 Å². The molecule has 1 amide bonds. The normalized spacial score (nSPS) is 19.3. The first-order valence-electron chi connectivity index (χ1n) is 6.02. The summed E-state index contributed by atoms with van der Waals surface area (Å²) in [7, 11) is 0. The number of nitrogens with one attached hydrogen (secondary N) is 1. The number of carbonyl (C=O) groups is 1. The van der Waals surface area contributed by atoms with Crippen molar-refractivity contribution in [3.63, 3.8) is 0 Å². The molecule has 1 fully saturated rings. The highest BCUT2D eigenvalue weighted by molar-refractivity contribution is 5.97. The fraction of sp³-hybridized carbons (Fsp3) is 0.462. The molecule has 1 heterocycles. The third kappa shape index (κ3) is 2.64. The Morgan fingerprint density at radius 1 is 1.59 bits per heavy atom. The van der Waals surface area contributed by atoms with Crippen molar-refractivity contribution >= 4 is 11.6 Å². The smallest absolute Gasteiger partial charge is 0.244 e. The minimum absolute atomic E-state index is 0.0376. The Morgan fingerprint density at radius 2 is 2.41 bits per heavy atom. The number of anilines is 1. The Morgan fingerprint density at radius 3 is 3.00 bits per heavy atom. The van der Waals surface area contributed by atoms with Gasteiger partial charge in [0.1, 0.15) is 5.82 Å². The second-order valence-electron chi connectivity index (χ2n) is 4.21. The molecule has 92 valence electrons. The van der Waals surface area contributed by atoms with Crippen LogP contribution in [0.4, 0.5) is 10.1 Å². The molecule has 1 N–H and O–H groups in total. The van der Waals surface area contributed by atoms with Crippen LogP contribution < -0.4 is 10.2 Å². The van der Waals surface area contributed by atoms with Crippen molar-refractivity contribution in [2.45, 2.75) is 25.8 Å². The van der Waals surface area contributed by atoms with Crippen molar-refractivity contribution in [1.29, 1.82) is 0 Å². The first kappa shape index (κ1) is 12.0. The fourth-order valence-electron chi connectivity index (χ4n) is 2.19. The first-order chi connectivity index (χ1) is 8.22. The van der Waals surface area contributed by atoms with Crippen LogP contribution >= 0.6 is 0 Å². The van der Waals surface area contributed by atoms with Crippen molar-refractivity contribution in [2.24, 2.45) is 0 Å². The monoisotopic (exact) mass is 236 g/mol. The number of nitrogens with zero attached hydrogens (tertiary/aromatic N) is 1. The number of hydrogen-bond donors (Lipinski definition) is 1. The number of amides is 1. The average Bonchev–Trinajstić information content (AvgIpc) is 2.83. The lowest BCUT2D eigenvalue weighted by atomic mass is 10.2. The van der Waals surface area contributed by atoms with Crippen LogP contribution in [-0.4, -0.2) is 25.0 Å². The predicted molar refractivity (Wildman–Crippen MR) is 65.5 cm³/mol. The fourth-order valence-corrected chi connectivity index (χ4v) is 2.19. The molecule has 0 aliphatic carbocycles. The highest BCUT2D eigenvalue weighted by Crippen LogP contribution is 2.18. The molecule has 0 radical (unpaired) electrons. The predicted octanol–water partition coefficient (Wildman–Crippen LogP) is 1.93. The maximum Gasteiger partial charge on any atom is 0.244 e. The van der Waals surface area contributed by atoms with Gasteiger partial charge in [0.25, 0.3) is 0 Å². The summed E-state index contributed by atoms with van der Waals surface area (Å²) in [6, 6.07) is 6.06. The van der Waals surface area contributed by atoms with Gasteiger partial charge >= 0.3 is 0 Å². The van der Waals surface area contributed by atoms with Gasteiger partial charge in [-0.3, -0.25) is 4.79 Å². The van der Waals surface area contributed by atoms with Gasteiger partial charge in [-0.2, -0.15) is 0 Å². The molecular formula is C13H17FN2O. The molecule has 0 aromatic heterocycles. The number of hydrogen-bond acceptors (Lipinski definition) is 2. The molecule has 2 rings (SSSR count). The molecule has 1 saturated heterocycles. The van der Waals surface area contributed by atoms with E-state index >= 15 is 0 Å². The van der Waals surface area contributed by atoms with E-state index in [2.05, 4.69) is 5.32 Å². The largest absolute Gasteiger partial charge is 0.311 e. The molecule has 1 aliphatic heterocycles. The third-order valence-electron chi connectivity index (χ3n) is 3.06. The highest BCUT2D eigenvalue weighted by atomic mass is 19.1. The molecule has 1 aromatic carbocycles. The Kier molecular flexibility index (Phi) is 3.74. The van der Waals surface area contributed by atoms with Crippen LogP contribution in [-0.2, 0) is 4.79 Å². The van der Waals surface area contributed by atoms with Gasteiger partial charge in [-0.25, -0.2) is 4.39 Å². The number of carbonyl (C=O) groups excluding carboxylic acids is 1. The van der Waals surface area contributed by atoms with Gasteiger partial charge in [-0.15, -0.1) is 0 Å². The maximum absolute atomic E-state index is 13.2. The quantitative estimate of drug-likeness (QED) is 0.869. The summed E-state index contributed by atoms with van der Waals surface area (Å²) in [6.45, 7) is 3.34. The minimum atomic E-state index is -0.312. The van der Waals surface area contributed by atoms with E-state index in [1.165, 1.54) is 12.1 Å². The molecule has 0 unspecified atom stereocenters. The molecule has 1 aromatic rings. The van der Waals surface area contributed by atoms with Crippen LogP contribution in [0.25, 0.3) is 0 Å². The summed E-state index contributed by atoms with van der Waals surface area (Å²) in [5.41, 5.74) is 0.631. The van der Waals surface area contributed by atoms with Crippen LogP contribution in [0.15, 0.2) is 24.3 Å². The van der Waals surface area contributed by atoms with Crippen molar-refractivity contribution in [3.05, 3.63) is 30.1 Å². The molecule has 0 spiro atoms. The van der Waals surface area contributed by atoms with Crippen LogP contribution in [0.3, 0.4) is 0 Å². The van der Waals surface area contributed by atoms with Crippen LogP contribution in [0.2, 0.25) is 0 Å². The Labute approximate surface area is 101 Å². The van der Waals surface area contributed by atoms with Gasteiger partial charge in [0, 0.05) is 12.2 Å². The van der Waals surface area contributed by atoms with Gasteiger partial charge in [0.05, 0.1) is 6.04 Å². The molecule has 17 heavy (non-hydrogen) atoms. The van der Waals surface area contributed by atoms with Gasteiger partial charge in [-0.1, -0.05) is 6.07 Å². The second-order valence-corrected chi connectivity index (χ2v) is 4.21. The summed E-state index contributed by atoms with van der Waals surface area (Å²) in [4.78, 5) is 13.9. The number of benzene rings is 1. The summed E-state index contributed by atoms with van der Waals surface area (Å²) in [5, 5.41) is 3.17. The number of halogens is 1. The zero-order valence-corrected chi connectivity index (χ0v) is 9.95. The van der Waals surface area contributed by atoms with E-state index in [9.17, 15) is 9.18 Å². The number of likely N-dealkylation sites (N-methyl/N-ethyl adjacent to an activating group) is 1. The first-order valence-corrected chi connectivity index (χ1v) is 6.02. The number of rotatable bonds is 3. The van der Waals surface area contributed by atoms with Crippen LogP contribution in [0.1, 0.15) is 19.8 Å². The Balaban J connectivity index is 2.17. The molecule has 1 atom stereocenters. The van der Waals surface area contributed by atoms with Crippen molar-refractivity contribution < 1.29 is 9.18 Å². The van der Waals surface area contributed by atoms with Crippen LogP contribution in [0, 0.1) is 5.82 Å². The highest BCUT2D eigenvalue weighted by Gasteiger charge is 2.26. The molecule has 3 nitrogen and oxygen atoms in total. The molecule has 4 heteroatoms. The molecular weight excluding hydrogens is 219 g/mol. The van der Waals surface area contributed by atoms with E-state index in [0.29, 0.717) is 12.2 Å². The van der Waals surface area contributed by atoms with Crippen molar-refractivity contribution in [3.8, 4) is 0 Å². The summed E-state index contributed by atoms with van der Waals surface area (Å²) in [6.07, 6.45) is 1.89. The minimum Gasteiger partial charge on any atom is -0.311 e. The summed E-state index contributed by atoms with van der Waals surface area (Å²) < 4.78 is 13.2. The summed E-state index contributed by atoms with van der Waals surface area (Å²) in [5.74, 6) is -0.274. The molecule has 0 saturated carbocycles. The van der Waals surface area contributed by atoms with Crippen molar-refractivity contribution in [2.75, 3.05) is 18.0 Å². The lowest BCUT2D eigenvalue weighted by molar-refractivity contribution is -0.120. The van der Waals surface area contributed by atoms with Gasteiger partial charge in [-0.05, 0) is 44.5 Å². The van der Waals surface area contributed by atoms with E-state index in [0.717, 1.165) is 19.4 Å². The Bertz CT molecular complexity index is 402. The maximum atomic E-state index is 13.2. The summed E-state index contributed by atoms with van der Waals surface area (Å²) >= 11 is 0. The van der Waals surface area contributed by atoms with Crippen LogP contribution in [0.5, 0.6) is 0 Å². The lowest BCUT2D eigenvalue weighted by Gasteiger charge is -2.24. The van der Waals surface area contributed by atoms with E-state index in [-0.39, 0.29) is 17.8 Å². The zero-order valence-electron chi connectivity index (χ0n) is 9.95. The average molecular weight is 236 g/mol. The second kappa shape index (κ2) is 5.27. The topological polar surface area (TPSA) is 32.3 Å². The van der Waals surface area contributed by atoms with E-state index < -0.39 is 0 Å². The SMILES string of the molecule is CCN(C(=O)[C@H]1CCCN1)c1cccc(F)c1. The van der Waals surface area contributed by atoms with Gasteiger partial charge in [0.2, 0.25) is 5.91 Å². The van der Waals surface area contributed by atoms with Gasteiger partial charge in [0.15, 0.2) is 0 Å². The molecule has 1 aliphatic rings. The van der Waals surface area contributed by atoms with E-state index in [1.54, 1.807) is 17.0 Å². The Hall–Kier alpha value is -1.42. The lowest BCUT2D eigenvalue weighted by Crippen LogP contribution is -2.43. The van der Waals surface area contributed by atoms with E-state index in [4.69, 9.17) is 0 Å². The third-order valence-corrected chi connectivity index (χ3v) is 3.06. The van der Waals surface area contributed by atoms with E-state index in [1.807, 2.05) is 6.92 Å².